The van der Waals surface area contributed by atoms with Gasteiger partial charge in [-0.25, -0.2) is 0 Å². The largest absolute Gasteiger partial charge is 0.459 e. The van der Waals surface area contributed by atoms with Crippen LogP contribution < -0.4 is 5.32 Å². The van der Waals surface area contributed by atoms with Crippen LogP contribution in [0.2, 0.25) is 0 Å². The second kappa shape index (κ2) is 11.0. The second-order valence-corrected chi connectivity index (χ2v) is 10.3. The summed E-state index contributed by atoms with van der Waals surface area (Å²) in [6, 6.07) is 18.1. The number of carbonyl (C=O) groups excluding carboxylic acids is 1. The van der Waals surface area contributed by atoms with Gasteiger partial charge < -0.3 is 14.6 Å². The van der Waals surface area contributed by atoms with Gasteiger partial charge in [-0.3, -0.25) is 4.79 Å². The van der Waals surface area contributed by atoms with E-state index in [0.717, 1.165) is 17.2 Å². The van der Waals surface area contributed by atoms with E-state index in [0.29, 0.717) is 11.1 Å². The molecule has 0 aliphatic carbocycles. The van der Waals surface area contributed by atoms with Gasteiger partial charge in [0.25, 0.3) is 5.89 Å². The highest BCUT2D eigenvalue weighted by atomic mass is 19.4. The smallest absolute Gasteiger partial charge is 0.417 e. The molecular formula is C30H30F3N3O3. The molecular weight excluding hydrogens is 507 g/mol. The van der Waals surface area contributed by atoms with Crippen molar-refractivity contribution < 1.29 is 27.2 Å². The molecule has 9 heteroatoms. The van der Waals surface area contributed by atoms with Gasteiger partial charge in [0.05, 0.1) is 12.1 Å². The Balaban J connectivity index is 1.52. The van der Waals surface area contributed by atoms with E-state index in [1.54, 1.807) is 49.4 Å². The zero-order valence-electron chi connectivity index (χ0n) is 22.4. The Morgan fingerprint density at radius 3 is 2.28 bits per heavy atom. The molecule has 0 radical (unpaired) electrons. The summed E-state index contributed by atoms with van der Waals surface area (Å²) in [4.78, 5) is 16.3. The molecule has 6 nitrogen and oxygen atoms in total. The number of hydrogen-bond donors (Lipinski definition) is 1. The van der Waals surface area contributed by atoms with Crippen LogP contribution in [0.25, 0.3) is 34.0 Å². The van der Waals surface area contributed by atoms with E-state index < -0.39 is 17.3 Å². The molecule has 1 N–H and O–H groups in total. The fraction of sp³-hybridized carbons (Fsp3) is 0.300. The van der Waals surface area contributed by atoms with Crippen LogP contribution in [0.4, 0.5) is 13.2 Å². The monoisotopic (exact) mass is 537 g/mol. The molecule has 39 heavy (non-hydrogen) atoms. The van der Waals surface area contributed by atoms with Crippen LogP contribution in [0.5, 0.6) is 0 Å². The Morgan fingerprint density at radius 2 is 1.64 bits per heavy atom. The van der Waals surface area contributed by atoms with Crippen molar-refractivity contribution in [3.05, 3.63) is 83.4 Å². The summed E-state index contributed by atoms with van der Waals surface area (Å²) in [5, 5.41) is 7.10. The highest BCUT2D eigenvalue weighted by Crippen LogP contribution is 2.40. The van der Waals surface area contributed by atoms with E-state index in [4.69, 9.17) is 9.26 Å². The first kappa shape index (κ1) is 28.0. The van der Waals surface area contributed by atoms with Crippen LogP contribution in [-0.2, 0) is 15.7 Å². The molecule has 1 atom stereocenters. The highest BCUT2D eigenvalue weighted by Gasteiger charge is 2.34. The minimum absolute atomic E-state index is 0.0108. The van der Waals surface area contributed by atoms with Crippen LogP contribution in [0.3, 0.4) is 0 Å². The molecule has 1 heterocycles. The Labute approximate surface area is 225 Å². The van der Waals surface area contributed by atoms with Crippen molar-refractivity contribution in [1.29, 1.82) is 0 Å². The Kier molecular flexibility index (Phi) is 7.92. The predicted molar refractivity (Wildman–Crippen MR) is 143 cm³/mol. The third-order valence-corrected chi connectivity index (χ3v) is 6.07. The zero-order valence-corrected chi connectivity index (χ0v) is 22.4. The van der Waals surface area contributed by atoms with Crippen molar-refractivity contribution >= 4 is 5.97 Å². The lowest BCUT2D eigenvalue weighted by atomic mass is 9.94. The van der Waals surface area contributed by atoms with E-state index in [1.165, 1.54) is 6.07 Å². The number of esters is 1. The van der Waals surface area contributed by atoms with Crippen molar-refractivity contribution in [3.63, 3.8) is 0 Å². The zero-order chi connectivity index (χ0) is 28.4. The number of ether oxygens (including phenoxy) is 1. The molecule has 204 valence electrons. The van der Waals surface area contributed by atoms with Gasteiger partial charge in [0.15, 0.2) is 0 Å². The third kappa shape index (κ3) is 6.92. The number of halogens is 3. The summed E-state index contributed by atoms with van der Waals surface area (Å²) in [5.41, 5.74) is 1.76. The summed E-state index contributed by atoms with van der Waals surface area (Å²) in [5.74, 6) is -0.100. The second-order valence-electron chi connectivity index (χ2n) is 10.3. The topological polar surface area (TPSA) is 77.2 Å². The van der Waals surface area contributed by atoms with Gasteiger partial charge in [-0.2, -0.15) is 18.2 Å². The molecule has 0 saturated heterocycles. The molecule has 3 aromatic carbocycles. The molecule has 0 amide bonds. The fourth-order valence-corrected chi connectivity index (χ4v) is 4.13. The molecule has 0 saturated carbocycles. The Bertz CT molecular complexity index is 1450. The van der Waals surface area contributed by atoms with Crippen LogP contribution in [-0.4, -0.2) is 28.3 Å². The van der Waals surface area contributed by atoms with Gasteiger partial charge in [-0.1, -0.05) is 59.8 Å². The van der Waals surface area contributed by atoms with Gasteiger partial charge in [0.1, 0.15) is 5.60 Å². The van der Waals surface area contributed by atoms with Gasteiger partial charge in [-0.15, -0.1) is 0 Å². The minimum atomic E-state index is -4.57. The van der Waals surface area contributed by atoms with E-state index in [2.05, 4.69) is 15.5 Å². The van der Waals surface area contributed by atoms with Crippen LogP contribution in [0.15, 0.2) is 71.3 Å². The lowest BCUT2D eigenvalue weighted by molar-refractivity contribution is -0.153. The summed E-state index contributed by atoms with van der Waals surface area (Å²) in [6.45, 7) is 9.20. The molecule has 0 bridgehead atoms. The van der Waals surface area contributed by atoms with Crippen molar-refractivity contribution in [1.82, 2.24) is 15.5 Å². The molecule has 4 aromatic rings. The normalized spacial score (nSPS) is 12.8. The van der Waals surface area contributed by atoms with Crippen molar-refractivity contribution in [2.24, 2.45) is 0 Å². The number of aryl methyl sites for hydroxylation is 1. The van der Waals surface area contributed by atoms with Gasteiger partial charge >= 0.3 is 12.1 Å². The minimum Gasteiger partial charge on any atom is -0.459 e. The molecule has 1 aromatic heterocycles. The first-order chi connectivity index (χ1) is 18.3. The molecule has 0 aliphatic heterocycles. The van der Waals surface area contributed by atoms with Crippen molar-refractivity contribution in [3.8, 4) is 34.0 Å². The van der Waals surface area contributed by atoms with Crippen LogP contribution in [0, 0.1) is 6.92 Å². The lowest BCUT2D eigenvalue weighted by Gasteiger charge is -2.21. The van der Waals surface area contributed by atoms with Gasteiger partial charge in [0, 0.05) is 17.2 Å². The maximum absolute atomic E-state index is 14.0. The number of rotatable bonds is 7. The maximum Gasteiger partial charge on any atom is 0.417 e. The van der Waals surface area contributed by atoms with Crippen LogP contribution >= 0.6 is 0 Å². The number of hydrogen-bond acceptors (Lipinski definition) is 6. The van der Waals surface area contributed by atoms with Crippen molar-refractivity contribution in [2.75, 3.05) is 6.54 Å². The summed E-state index contributed by atoms with van der Waals surface area (Å²) in [7, 11) is 0. The number of carbonyl (C=O) groups is 1. The maximum atomic E-state index is 14.0. The predicted octanol–water partition coefficient (Wildman–Crippen LogP) is 7.39. The van der Waals surface area contributed by atoms with E-state index in [-0.39, 0.29) is 41.4 Å². The van der Waals surface area contributed by atoms with Gasteiger partial charge in [0.2, 0.25) is 5.82 Å². The van der Waals surface area contributed by atoms with E-state index >= 15 is 0 Å². The number of nitrogens with one attached hydrogen (secondary N) is 1. The first-order valence-corrected chi connectivity index (χ1v) is 12.5. The number of benzene rings is 3. The number of aromatic nitrogens is 2. The highest BCUT2D eigenvalue weighted by molar-refractivity contribution is 5.75. The molecule has 4 rings (SSSR count). The fourth-order valence-electron chi connectivity index (χ4n) is 4.13. The average molecular weight is 538 g/mol. The molecule has 1 unspecified atom stereocenters. The summed E-state index contributed by atoms with van der Waals surface area (Å²) >= 11 is 0. The molecule has 0 aliphatic rings. The van der Waals surface area contributed by atoms with Crippen molar-refractivity contribution in [2.45, 2.75) is 52.4 Å². The molecule has 0 spiro atoms. The lowest BCUT2D eigenvalue weighted by Crippen LogP contribution is -2.32. The molecule has 0 fully saturated rings. The Hall–Kier alpha value is -3.98. The first-order valence-electron chi connectivity index (χ1n) is 12.5. The number of alkyl halides is 3. The quantitative estimate of drug-likeness (QED) is 0.248. The van der Waals surface area contributed by atoms with E-state index in [9.17, 15) is 18.0 Å². The van der Waals surface area contributed by atoms with Crippen LogP contribution in [0.1, 0.15) is 50.4 Å². The SMILES string of the molecule is Cc1ccccc1-c1ccc(-c2nc(-c3ccc(C(C)NCC(=O)OC(C)(C)C)cc3)no2)cc1C(F)(F)F. The van der Waals surface area contributed by atoms with E-state index in [1.807, 2.05) is 39.8 Å². The standard InChI is InChI=1S/C30H30F3N3O3/c1-18-8-6-7-9-23(18)24-15-14-22(16-25(24)30(31,32)33)28-35-27(36-39-28)21-12-10-20(11-13-21)19(2)34-17-26(37)38-29(3,4)5/h6-16,19,34H,17H2,1-5H3. The summed E-state index contributed by atoms with van der Waals surface area (Å²) < 4.78 is 52.7. The average Bonchev–Trinajstić information content (AvgIpc) is 3.36. The third-order valence-electron chi connectivity index (χ3n) is 6.07. The Morgan fingerprint density at radius 1 is 0.974 bits per heavy atom. The summed E-state index contributed by atoms with van der Waals surface area (Å²) in [6.07, 6.45) is -4.57. The number of nitrogens with zero attached hydrogens (tertiary/aromatic N) is 2. The van der Waals surface area contributed by atoms with Gasteiger partial charge in [-0.05, 0) is 69.0 Å².